The predicted octanol–water partition coefficient (Wildman–Crippen LogP) is 2.85. The Bertz CT molecular complexity index is 609. The van der Waals surface area contributed by atoms with Gasteiger partial charge in [-0.25, -0.2) is 0 Å². The molecule has 0 aromatic carbocycles. The number of likely N-dealkylation sites (N-methyl/N-ethyl adjacent to an activating group) is 1. The van der Waals surface area contributed by atoms with Crippen LogP contribution in [0.2, 0.25) is 0 Å². The van der Waals surface area contributed by atoms with Crippen molar-refractivity contribution in [2.75, 3.05) is 26.7 Å². The summed E-state index contributed by atoms with van der Waals surface area (Å²) in [6, 6.07) is 4.50. The second kappa shape index (κ2) is 7.65. The number of carbonyl (C=O) groups is 1. The maximum Gasteiger partial charge on any atom is 0.222 e. The van der Waals surface area contributed by atoms with Crippen LogP contribution in [-0.4, -0.2) is 59.0 Å². The van der Waals surface area contributed by atoms with Crippen molar-refractivity contribution in [3.05, 3.63) is 30.1 Å². The zero-order chi connectivity index (χ0) is 18.0. The molecule has 1 aromatic heterocycles. The lowest BCUT2D eigenvalue weighted by atomic mass is 9.85. The molecule has 1 amide bonds. The van der Waals surface area contributed by atoms with Crippen LogP contribution in [0, 0.1) is 5.92 Å². The van der Waals surface area contributed by atoms with Crippen LogP contribution in [0.4, 0.5) is 0 Å². The number of ether oxygens (including phenoxy) is 1. The number of rotatable bonds is 6. The summed E-state index contributed by atoms with van der Waals surface area (Å²) in [4.78, 5) is 21.2. The average Bonchev–Trinajstić information content (AvgIpc) is 3.44. The Morgan fingerprint density at radius 1 is 1.27 bits per heavy atom. The van der Waals surface area contributed by atoms with Crippen molar-refractivity contribution in [3.63, 3.8) is 0 Å². The number of pyridine rings is 1. The third-order valence-electron chi connectivity index (χ3n) is 6.75. The summed E-state index contributed by atoms with van der Waals surface area (Å²) < 4.78 is 5.97. The highest BCUT2D eigenvalue weighted by Crippen LogP contribution is 2.41. The monoisotopic (exact) mass is 357 g/mol. The molecule has 3 fully saturated rings. The van der Waals surface area contributed by atoms with E-state index in [2.05, 4.69) is 27.9 Å². The smallest absolute Gasteiger partial charge is 0.222 e. The Balaban J connectivity index is 1.24. The number of hydrogen-bond donors (Lipinski definition) is 0. The number of carbonyl (C=O) groups excluding carboxylic acids is 1. The molecule has 5 nitrogen and oxygen atoms in total. The van der Waals surface area contributed by atoms with E-state index >= 15 is 0 Å². The summed E-state index contributed by atoms with van der Waals surface area (Å²) in [5, 5.41) is 0. The lowest BCUT2D eigenvalue weighted by molar-refractivity contribution is -0.134. The van der Waals surface area contributed by atoms with Gasteiger partial charge in [-0.15, -0.1) is 0 Å². The molecule has 1 saturated carbocycles. The molecule has 142 valence electrons. The van der Waals surface area contributed by atoms with Crippen molar-refractivity contribution in [1.29, 1.82) is 0 Å². The third-order valence-corrected chi connectivity index (χ3v) is 6.75. The summed E-state index contributed by atoms with van der Waals surface area (Å²) in [5.74, 6) is 1.08. The summed E-state index contributed by atoms with van der Waals surface area (Å²) >= 11 is 0. The summed E-state index contributed by atoms with van der Waals surface area (Å²) in [6.45, 7) is 3.27. The van der Waals surface area contributed by atoms with E-state index in [-0.39, 0.29) is 5.54 Å². The topological polar surface area (TPSA) is 45.7 Å². The van der Waals surface area contributed by atoms with Gasteiger partial charge in [0.2, 0.25) is 5.91 Å². The average molecular weight is 357 g/mol. The first-order valence-corrected chi connectivity index (χ1v) is 10.1. The van der Waals surface area contributed by atoms with Crippen LogP contribution in [0.15, 0.2) is 24.5 Å². The van der Waals surface area contributed by atoms with Crippen molar-refractivity contribution >= 4 is 5.91 Å². The van der Waals surface area contributed by atoms with Gasteiger partial charge in [0.15, 0.2) is 0 Å². The Labute approximate surface area is 156 Å². The van der Waals surface area contributed by atoms with Crippen molar-refractivity contribution in [3.8, 4) is 0 Å². The molecule has 1 aromatic rings. The second-order valence-electron chi connectivity index (χ2n) is 8.43. The van der Waals surface area contributed by atoms with E-state index in [4.69, 9.17) is 4.74 Å². The standard InChI is InChI=1S/C21H31N3O2/c1-23-19(16-26-15-18-3-2-10-22-14-18)6-7-21(23)8-11-24(12-9-21)20(25)13-17-4-5-17/h2-3,10,14,17,19H,4-9,11-13,15-16H2,1H3. The van der Waals surface area contributed by atoms with E-state index in [1.807, 2.05) is 12.3 Å². The van der Waals surface area contributed by atoms with Crippen LogP contribution in [0.5, 0.6) is 0 Å². The van der Waals surface area contributed by atoms with Crippen LogP contribution in [0.25, 0.3) is 0 Å². The second-order valence-corrected chi connectivity index (χ2v) is 8.43. The molecule has 0 bridgehead atoms. The van der Waals surface area contributed by atoms with Crippen molar-refractivity contribution < 1.29 is 9.53 Å². The quantitative estimate of drug-likeness (QED) is 0.785. The van der Waals surface area contributed by atoms with Crippen molar-refractivity contribution in [2.45, 2.75) is 63.1 Å². The predicted molar refractivity (Wildman–Crippen MR) is 101 cm³/mol. The first kappa shape index (κ1) is 17.9. The Kier molecular flexibility index (Phi) is 5.28. The minimum absolute atomic E-state index is 0.276. The van der Waals surface area contributed by atoms with Gasteiger partial charge in [-0.3, -0.25) is 14.7 Å². The van der Waals surface area contributed by atoms with Crippen molar-refractivity contribution in [2.24, 2.45) is 5.92 Å². The Hall–Kier alpha value is -1.46. The van der Waals surface area contributed by atoms with E-state index in [0.29, 0.717) is 24.5 Å². The van der Waals surface area contributed by atoms with Crippen LogP contribution in [-0.2, 0) is 16.1 Å². The molecule has 3 heterocycles. The number of aromatic nitrogens is 1. The SMILES string of the molecule is CN1C(COCc2cccnc2)CCC12CCN(C(=O)CC1CC1)CC2. The fraction of sp³-hybridized carbons (Fsp3) is 0.714. The highest BCUT2D eigenvalue weighted by Gasteiger charge is 2.46. The number of piperidine rings is 1. The Morgan fingerprint density at radius 3 is 2.77 bits per heavy atom. The molecule has 0 N–H and O–H groups in total. The third kappa shape index (κ3) is 3.94. The fourth-order valence-corrected chi connectivity index (χ4v) is 4.66. The van der Waals surface area contributed by atoms with Gasteiger partial charge < -0.3 is 9.64 Å². The highest BCUT2D eigenvalue weighted by molar-refractivity contribution is 5.76. The first-order chi connectivity index (χ1) is 12.7. The normalized spacial score (nSPS) is 25.7. The summed E-state index contributed by atoms with van der Waals surface area (Å²) in [5.41, 5.74) is 1.41. The van der Waals surface area contributed by atoms with Gasteiger partial charge in [-0.05, 0) is 63.1 Å². The largest absolute Gasteiger partial charge is 0.375 e. The molecule has 5 heteroatoms. The maximum absolute atomic E-state index is 12.4. The van der Waals surface area contributed by atoms with Crippen LogP contribution in [0.3, 0.4) is 0 Å². The molecule has 1 spiro atoms. The fourth-order valence-electron chi connectivity index (χ4n) is 4.66. The number of nitrogens with zero attached hydrogens (tertiary/aromatic N) is 3. The minimum atomic E-state index is 0.276. The van der Waals surface area contributed by atoms with Gasteiger partial charge >= 0.3 is 0 Å². The zero-order valence-electron chi connectivity index (χ0n) is 15.9. The van der Waals surface area contributed by atoms with E-state index in [1.54, 1.807) is 6.20 Å². The molecule has 0 radical (unpaired) electrons. The van der Waals surface area contributed by atoms with Gasteiger partial charge in [0.25, 0.3) is 0 Å². The molecule has 4 rings (SSSR count). The lowest BCUT2D eigenvalue weighted by Crippen LogP contribution is -2.54. The Morgan fingerprint density at radius 2 is 2.08 bits per heavy atom. The van der Waals surface area contributed by atoms with Gasteiger partial charge in [0, 0.05) is 43.5 Å². The molecule has 2 aliphatic heterocycles. The number of hydrogen-bond acceptors (Lipinski definition) is 4. The van der Waals surface area contributed by atoms with Crippen LogP contribution < -0.4 is 0 Å². The van der Waals surface area contributed by atoms with Gasteiger partial charge in [0.05, 0.1) is 13.2 Å². The van der Waals surface area contributed by atoms with E-state index < -0.39 is 0 Å². The van der Waals surface area contributed by atoms with E-state index in [1.165, 1.54) is 25.7 Å². The first-order valence-electron chi connectivity index (χ1n) is 10.1. The molecule has 26 heavy (non-hydrogen) atoms. The van der Waals surface area contributed by atoms with Crippen LogP contribution >= 0.6 is 0 Å². The molecule has 1 aliphatic carbocycles. The minimum Gasteiger partial charge on any atom is -0.375 e. The summed E-state index contributed by atoms with van der Waals surface area (Å²) in [7, 11) is 2.26. The van der Waals surface area contributed by atoms with Gasteiger partial charge in [-0.2, -0.15) is 0 Å². The van der Waals surface area contributed by atoms with Gasteiger partial charge in [-0.1, -0.05) is 6.07 Å². The van der Waals surface area contributed by atoms with E-state index in [0.717, 1.165) is 44.5 Å². The van der Waals surface area contributed by atoms with Crippen LogP contribution in [0.1, 0.15) is 50.5 Å². The zero-order valence-corrected chi connectivity index (χ0v) is 15.9. The number of amides is 1. The molecule has 3 aliphatic rings. The lowest BCUT2D eigenvalue weighted by Gasteiger charge is -2.45. The molecule has 2 saturated heterocycles. The molecule has 1 unspecified atom stereocenters. The van der Waals surface area contributed by atoms with Gasteiger partial charge in [0.1, 0.15) is 0 Å². The van der Waals surface area contributed by atoms with Crippen molar-refractivity contribution in [1.82, 2.24) is 14.8 Å². The van der Waals surface area contributed by atoms with E-state index in [9.17, 15) is 4.79 Å². The number of likely N-dealkylation sites (tertiary alicyclic amines) is 2. The molecule has 1 atom stereocenters. The highest BCUT2D eigenvalue weighted by atomic mass is 16.5. The maximum atomic E-state index is 12.4. The molecular formula is C21H31N3O2. The molecular weight excluding hydrogens is 326 g/mol. The summed E-state index contributed by atoms with van der Waals surface area (Å²) in [6.07, 6.45) is 11.6.